The van der Waals surface area contributed by atoms with Crippen molar-refractivity contribution in [2.24, 2.45) is 0 Å². The Labute approximate surface area is 93.4 Å². The summed E-state index contributed by atoms with van der Waals surface area (Å²) in [6.07, 6.45) is -5.52. The summed E-state index contributed by atoms with van der Waals surface area (Å²) in [6.45, 7) is -0.548. The number of nitrogens with one attached hydrogen (secondary N) is 1. The average molecular weight is 252 g/mol. The third kappa shape index (κ3) is 4.25. The normalized spacial score (nSPS) is 11.3. The molecule has 0 spiro atoms. The molecule has 0 aliphatic heterocycles. The Balaban J connectivity index is 2.75. The first-order chi connectivity index (χ1) is 7.79. The quantitative estimate of drug-likeness (QED) is 0.509. The molecule has 1 aromatic carbocycles. The zero-order valence-corrected chi connectivity index (χ0v) is 8.42. The van der Waals surface area contributed by atoms with E-state index in [0.717, 1.165) is 18.2 Å². The van der Waals surface area contributed by atoms with Crippen molar-refractivity contribution in [3.8, 4) is 0 Å². The van der Waals surface area contributed by atoms with Crippen molar-refractivity contribution in [1.82, 2.24) is 0 Å². The Morgan fingerprint density at radius 2 is 2.00 bits per heavy atom. The molecule has 0 fully saturated rings. The molecule has 1 rings (SSSR count). The highest BCUT2D eigenvalue weighted by Gasteiger charge is 2.26. The molecule has 0 atom stereocenters. The van der Waals surface area contributed by atoms with Gasteiger partial charge in [0.25, 0.3) is 5.69 Å². The number of hydrogen-bond acceptors (Lipinski definition) is 3. The molecule has 0 saturated heterocycles. The first-order valence-corrected chi connectivity index (χ1v) is 4.54. The molecule has 0 heterocycles. The lowest BCUT2D eigenvalue weighted by molar-refractivity contribution is -0.384. The van der Waals surface area contributed by atoms with Gasteiger partial charge in [-0.2, -0.15) is 13.2 Å². The minimum Gasteiger partial charge on any atom is -0.379 e. The molecule has 0 aliphatic rings. The lowest BCUT2D eigenvalue weighted by Crippen LogP contribution is -2.15. The maximum Gasteiger partial charge on any atom is 0.390 e. The van der Waals surface area contributed by atoms with Gasteiger partial charge in [0.15, 0.2) is 0 Å². The van der Waals surface area contributed by atoms with Crippen molar-refractivity contribution >= 4 is 11.4 Å². The van der Waals surface area contributed by atoms with Gasteiger partial charge in [-0.15, -0.1) is 0 Å². The summed E-state index contributed by atoms with van der Waals surface area (Å²) in [7, 11) is 0. The zero-order valence-electron chi connectivity index (χ0n) is 8.42. The van der Waals surface area contributed by atoms with Crippen LogP contribution in [0.4, 0.5) is 28.9 Å². The van der Waals surface area contributed by atoms with Crippen molar-refractivity contribution in [1.29, 1.82) is 0 Å². The summed E-state index contributed by atoms with van der Waals surface area (Å²) >= 11 is 0. The number of nitro benzene ring substituents is 1. The van der Waals surface area contributed by atoms with Crippen molar-refractivity contribution in [2.75, 3.05) is 11.9 Å². The van der Waals surface area contributed by atoms with E-state index in [2.05, 4.69) is 5.32 Å². The molecule has 0 bridgehead atoms. The second kappa shape index (κ2) is 4.98. The fourth-order valence-corrected chi connectivity index (χ4v) is 1.15. The summed E-state index contributed by atoms with van der Waals surface area (Å²) in [5.74, 6) is -0.759. The van der Waals surface area contributed by atoms with Crippen LogP contribution in [-0.2, 0) is 0 Å². The molecule has 0 saturated carbocycles. The van der Waals surface area contributed by atoms with Crippen LogP contribution in [0.25, 0.3) is 0 Å². The van der Waals surface area contributed by atoms with Crippen LogP contribution >= 0.6 is 0 Å². The molecule has 17 heavy (non-hydrogen) atoms. The topological polar surface area (TPSA) is 55.2 Å². The van der Waals surface area contributed by atoms with Crippen LogP contribution in [0.15, 0.2) is 18.2 Å². The first-order valence-electron chi connectivity index (χ1n) is 4.54. The van der Waals surface area contributed by atoms with Gasteiger partial charge in [0.05, 0.1) is 11.3 Å². The smallest absolute Gasteiger partial charge is 0.379 e. The highest BCUT2D eigenvalue weighted by Crippen LogP contribution is 2.26. The van der Waals surface area contributed by atoms with Gasteiger partial charge in [0.1, 0.15) is 11.5 Å². The summed E-state index contributed by atoms with van der Waals surface area (Å²) < 4.78 is 48.3. The summed E-state index contributed by atoms with van der Waals surface area (Å²) in [5.41, 5.74) is -0.729. The standard InChI is InChI=1S/C9H8F4N2O2/c10-6-1-2-8(15(16)17)7(5-6)14-4-3-9(11,12)13/h1-2,5,14H,3-4H2. The molecule has 0 radical (unpaired) electrons. The van der Waals surface area contributed by atoms with Crippen molar-refractivity contribution < 1.29 is 22.5 Å². The Morgan fingerprint density at radius 1 is 1.35 bits per heavy atom. The number of nitro groups is 1. The molecule has 94 valence electrons. The Bertz CT molecular complexity index is 420. The minimum absolute atomic E-state index is 0.265. The van der Waals surface area contributed by atoms with Crippen LogP contribution < -0.4 is 5.32 Å². The number of hydrogen-bond donors (Lipinski definition) is 1. The van der Waals surface area contributed by atoms with Crippen molar-refractivity contribution in [3.63, 3.8) is 0 Å². The van der Waals surface area contributed by atoms with E-state index >= 15 is 0 Å². The van der Waals surface area contributed by atoms with Gasteiger partial charge in [-0.1, -0.05) is 0 Å². The summed E-state index contributed by atoms with van der Waals surface area (Å²) in [5, 5.41) is 12.7. The second-order valence-corrected chi connectivity index (χ2v) is 3.21. The number of rotatable bonds is 4. The Kier molecular flexibility index (Phi) is 3.87. The monoisotopic (exact) mass is 252 g/mol. The van der Waals surface area contributed by atoms with E-state index < -0.39 is 35.6 Å². The Hall–Kier alpha value is -1.86. The molecule has 0 unspecified atom stereocenters. The number of nitrogens with zero attached hydrogens (tertiary/aromatic N) is 1. The first kappa shape index (κ1) is 13.2. The molecule has 4 nitrogen and oxygen atoms in total. The maximum atomic E-state index is 12.8. The fraction of sp³-hybridized carbons (Fsp3) is 0.333. The van der Waals surface area contributed by atoms with Crippen molar-refractivity contribution in [3.05, 3.63) is 34.1 Å². The fourth-order valence-electron chi connectivity index (χ4n) is 1.15. The van der Waals surface area contributed by atoms with Gasteiger partial charge in [-0.25, -0.2) is 4.39 Å². The van der Waals surface area contributed by atoms with Crippen LogP contribution in [0.5, 0.6) is 0 Å². The largest absolute Gasteiger partial charge is 0.390 e. The van der Waals surface area contributed by atoms with Gasteiger partial charge < -0.3 is 5.32 Å². The molecule has 1 N–H and O–H groups in total. The number of benzene rings is 1. The SMILES string of the molecule is O=[N+]([O-])c1ccc(F)cc1NCCC(F)(F)F. The van der Waals surface area contributed by atoms with E-state index in [4.69, 9.17) is 0 Å². The maximum absolute atomic E-state index is 12.8. The van der Waals surface area contributed by atoms with E-state index in [-0.39, 0.29) is 5.69 Å². The van der Waals surface area contributed by atoms with Crippen molar-refractivity contribution in [2.45, 2.75) is 12.6 Å². The third-order valence-electron chi connectivity index (χ3n) is 1.88. The number of anilines is 1. The van der Waals surface area contributed by atoms with Crippen LogP contribution in [0.1, 0.15) is 6.42 Å². The lowest BCUT2D eigenvalue weighted by atomic mass is 10.2. The molecule has 0 aliphatic carbocycles. The van der Waals surface area contributed by atoms with Crippen LogP contribution in [-0.4, -0.2) is 17.6 Å². The highest BCUT2D eigenvalue weighted by atomic mass is 19.4. The van der Waals surface area contributed by atoms with Gasteiger partial charge in [0, 0.05) is 18.7 Å². The van der Waals surface area contributed by atoms with E-state index in [1.807, 2.05) is 0 Å². The third-order valence-corrected chi connectivity index (χ3v) is 1.88. The molecule has 8 heteroatoms. The van der Waals surface area contributed by atoms with E-state index in [9.17, 15) is 27.7 Å². The van der Waals surface area contributed by atoms with Crippen LogP contribution in [0.2, 0.25) is 0 Å². The van der Waals surface area contributed by atoms with Gasteiger partial charge in [0.2, 0.25) is 0 Å². The molecular formula is C9H8F4N2O2. The molecule has 0 aromatic heterocycles. The predicted octanol–water partition coefficient (Wildman–Crippen LogP) is 3.10. The van der Waals surface area contributed by atoms with Crippen LogP contribution in [0.3, 0.4) is 0 Å². The van der Waals surface area contributed by atoms with E-state index in [1.54, 1.807) is 0 Å². The lowest BCUT2D eigenvalue weighted by Gasteiger charge is -2.09. The molecule has 1 aromatic rings. The average Bonchev–Trinajstić information content (AvgIpc) is 2.15. The van der Waals surface area contributed by atoms with Gasteiger partial charge in [-0.05, 0) is 6.07 Å². The summed E-state index contributed by atoms with van der Waals surface area (Å²) in [6, 6.07) is 2.55. The molecule has 0 amide bonds. The number of alkyl halides is 3. The Morgan fingerprint density at radius 3 is 2.53 bits per heavy atom. The van der Waals surface area contributed by atoms with Crippen LogP contribution in [0, 0.1) is 15.9 Å². The zero-order chi connectivity index (χ0) is 13.1. The van der Waals surface area contributed by atoms with E-state index in [0.29, 0.717) is 0 Å². The summed E-state index contributed by atoms with van der Waals surface area (Å²) in [4.78, 5) is 9.72. The highest BCUT2D eigenvalue weighted by molar-refractivity contribution is 5.61. The minimum atomic E-state index is -4.37. The van der Waals surface area contributed by atoms with E-state index in [1.165, 1.54) is 0 Å². The van der Waals surface area contributed by atoms with Gasteiger partial charge >= 0.3 is 6.18 Å². The number of halogens is 4. The second-order valence-electron chi connectivity index (χ2n) is 3.21. The van der Waals surface area contributed by atoms with Gasteiger partial charge in [-0.3, -0.25) is 10.1 Å². The molecular weight excluding hydrogens is 244 g/mol. The predicted molar refractivity (Wildman–Crippen MR) is 52.2 cm³/mol.